The number of anilines is 2. The van der Waals surface area contributed by atoms with Gasteiger partial charge >= 0.3 is 6.18 Å². The van der Waals surface area contributed by atoms with Crippen molar-refractivity contribution in [1.29, 1.82) is 0 Å². The normalized spacial score (nSPS) is 17.6. The average molecular weight is 570 g/mol. The number of alkyl halides is 3. The minimum Gasteiger partial charge on any atom is -0.351 e. The summed E-state index contributed by atoms with van der Waals surface area (Å²) >= 11 is 0. The Bertz CT molecular complexity index is 1610. The predicted molar refractivity (Wildman–Crippen MR) is 150 cm³/mol. The molecule has 0 spiro atoms. The summed E-state index contributed by atoms with van der Waals surface area (Å²) in [7, 11) is 1.62. The summed E-state index contributed by atoms with van der Waals surface area (Å²) in [5.41, 5.74) is 7.00. The molecule has 4 aromatic rings. The van der Waals surface area contributed by atoms with Crippen LogP contribution in [0.25, 0.3) is 33.4 Å². The standard InChI is InChI=1S/C29H31F4N7O/c1-4-16-11-17(12-18-14-35-28(38-27(16)18)37-20-7-5-19(34)6-8-20)24-13-23(39-40(24)3)25-22(36-15(2)41)10-9-21(26(25)30)29(31,32)33/h9-14,19-20H,4-8,34H2,1-3H3,(H,36,41)(H,35,37,38). The van der Waals surface area contributed by atoms with E-state index in [1.165, 1.54) is 17.7 Å². The van der Waals surface area contributed by atoms with Gasteiger partial charge in [-0.2, -0.15) is 18.3 Å². The van der Waals surface area contributed by atoms with E-state index < -0.39 is 29.0 Å². The average Bonchev–Trinajstić information content (AvgIpc) is 3.29. The van der Waals surface area contributed by atoms with Crippen molar-refractivity contribution in [3.05, 3.63) is 53.5 Å². The van der Waals surface area contributed by atoms with Crippen LogP contribution in [0.15, 0.2) is 36.5 Å². The monoisotopic (exact) mass is 569 g/mol. The molecule has 2 aromatic carbocycles. The lowest BCUT2D eigenvalue weighted by molar-refractivity contribution is -0.139. The summed E-state index contributed by atoms with van der Waals surface area (Å²) in [6, 6.07) is 7.47. The quantitative estimate of drug-likeness (QED) is 0.244. The maximum atomic E-state index is 15.3. The SMILES string of the molecule is CCc1cc(-c2cc(-c3c(NC(C)=O)ccc(C(F)(F)F)c3F)nn2C)cc2cnc(NC3CCC(N)CC3)nc12. The largest absolute Gasteiger partial charge is 0.419 e. The lowest BCUT2D eigenvalue weighted by Gasteiger charge is -2.26. The number of aryl methyl sites for hydroxylation is 2. The van der Waals surface area contributed by atoms with Crippen molar-refractivity contribution in [2.45, 2.75) is 64.2 Å². The van der Waals surface area contributed by atoms with Gasteiger partial charge in [0.05, 0.1) is 33.7 Å². The molecule has 0 aliphatic heterocycles. The number of hydrogen-bond acceptors (Lipinski definition) is 6. The number of amides is 1. The molecule has 216 valence electrons. The van der Waals surface area contributed by atoms with E-state index >= 15 is 4.39 Å². The number of benzene rings is 2. The minimum atomic E-state index is -4.92. The van der Waals surface area contributed by atoms with Gasteiger partial charge in [0, 0.05) is 43.2 Å². The van der Waals surface area contributed by atoms with E-state index in [9.17, 15) is 18.0 Å². The third kappa shape index (κ3) is 5.88. The van der Waals surface area contributed by atoms with Crippen molar-refractivity contribution < 1.29 is 22.4 Å². The molecule has 0 bridgehead atoms. The Balaban J connectivity index is 1.54. The van der Waals surface area contributed by atoms with Gasteiger partial charge in [-0.3, -0.25) is 9.48 Å². The van der Waals surface area contributed by atoms with Gasteiger partial charge in [0.1, 0.15) is 5.82 Å². The molecule has 12 heteroatoms. The Kier molecular flexibility index (Phi) is 7.69. The Morgan fingerprint density at radius 2 is 1.88 bits per heavy atom. The first-order chi connectivity index (χ1) is 19.4. The van der Waals surface area contributed by atoms with Gasteiger partial charge in [-0.05, 0) is 68.0 Å². The smallest absolute Gasteiger partial charge is 0.351 e. The highest BCUT2D eigenvalue weighted by molar-refractivity contribution is 5.94. The molecule has 5 rings (SSSR count). The van der Waals surface area contributed by atoms with E-state index in [-0.39, 0.29) is 23.5 Å². The first kappa shape index (κ1) is 28.5. The highest BCUT2D eigenvalue weighted by atomic mass is 19.4. The molecule has 2 heterocycles. The van der Waals surface area contributed by atoms with Crippen molar-refractivity contribution in [3.8, 4) is 22.5 Å². The molecular weight excluding hydrogens is 538 g/mol. The number of aromatic nitrogens is 4. The molecule has 0 unspecified atom stereocenters. The maximum absolute atomic E-state index is 15.3. The number of hydrogen-bond donors (Lipinski definition) is 3. The molecule has 1 amide bonds. The van der Waals surface area contributed by atoms with Crippen LogP contribution in [0.2, 0.25) is 0 Å². The van der Waals surface area contributed by atoms with Crippen LogP contribution in [-0.4, -0.2) is 37.7 Å². The highest BCUT2D eigenvalue weighted by Crippen LogP contribution is 2.40. The van der Waals surface area contributed by atoms with Crippen LogP contribution in [0, 0.1) is 5.82 Å². The van der Waals surface area contributed by atoms with Crippen LogP contribution in [0.4, 0.5) is 29.2 Å². The van der Waals surface area contributed by atoms with Crippen LogP contribution in [0.5, 0.6) is 0 Å². The van der Waals surface area contributed by atoms with Gasteiger partial charge < -0.3 is 16.4 Å². The number of carbonyl (C=O) groups is 1. The van der Waals surface area contributed by atoms with Crippen molar-refractivity contribution in [1.82, 2.24) is 19.7 Å². The maximum Gasteiger partial charge on any atom is 0.419 e. The molecule has 1 saturated carbocycles. The molecule has 41 heavy (non-hydrogen) atoms. The van der Waals surface area contributed by atoms with Gasteiger partial charge in [-0.1, -0.05) is 6.92 Å². The molecule has 0 radical (unpaired) electrons. The van der Waals surface area contributed by atoms with E-state index in [1.807, 2.05) is 19.1 Å². The zero-order valence-electron chi connectivity index (χ0n) is 22.9. The third-order valence-electron chi connectivity index (χ3n) is 7.44. The molecule has 1 aliphatic rings. The topological polar surface area (TPSA) is 111 Å². The summed E-state index contributed by atoms with van der Waals surface area (Å²) in [4.78, 5) is 21.0. The Hall–Kier alpha value is -4.06. The second-order valence-electron chi connectivity index (χ2n) is 10.4. The molecule has 8 nitrogen and oxygen atoms in total. The first-order valence-corrected chi connectivity index (χ1v) is 13.5. The molecule has 1 aliphatic carbocycles. The highest BCUT2D eigenvalue weighted by Gasteiger charge is 2.36. The lowest BCUT2D eigenvalue weighted by Crippen LogP contribution is -2.33. The molecule has 1 fully saturated rings. The fraction of sp³-hybridized carbons (Fsp3) is 0.379. The van der Waals surface area contributed by atoms with Crippen LogP contribution in [0.3, 0.4) is 0 Å². The minimum absolute atomic E-state index is 0.0454. The number of fused-ring (bicyclic) bond motifs is 1. The fourth-order valence-electron chi connectivity index (χ4n) is 5.35. The van der Waals surface area contributed by atoms with E-state index in [4.69, 9.17) is 10.7 Å². The number of halogens is 4. The zero-order valence-corrected chi connectivity index (χ0v) is 22.9. The second kappa shape index (κ2) is 11.1. The van der Waals surface area contributed by atoms with Crippen LogP contribution >= 0.6 is 0 Å². The Morgan fingerprint density at radius 3 is 2.54 bits per heavy atom. The lowest BCUT2D eigenvalue weighted by atomic mass is 9.92. The van der Waals surface area contributed by atoms with Gasteiger partial charge in [0.15, 0.2) is 0 Å². The summed E-state index contributed by atoms with van der Waals surface area (Å²) in [6.07, 6.45) is 1.31. The first-order valence-electron chi connectivity index (χ1n) is 13.5. The molecule has 0 saturated heterocycles. The summed E-state index contributed by atoms with van der Waals surface area (Å²) in [5, 5.41) is 11.0. The van der Waals surface area contributed by atoms with E-state index in [0.717, 1.165) is 53.8 Å². The van der Waals surface area contributed by atoms with Crippen LogP contribution in [-0.2, 0) is 24.4 Å². The predicted octanol–water partition coefficient (Wildman–Crippen LogP) is 6.06. The third-order valence-corrected chi connectivity index (χ3v) is 7.44. The van der Waals surface area contributed by atoms with Gasteiger partial charge in [0.2, 0.25) is 11.9 Å². The Morgan fingerprint density at radius 1 is 1.15 bits per heavy atom. The number of nitrogens with zero attached hydrogens (tertiary/aromatic N) is 4. The van der Waals surface area contributed by atoms with Crippen molar-refractivity contribution in [2.24, 2.45) is 12.8 Å². The zero-order chi connectivity index (χ0) is 29.5. The van der Waals surface area contributed by atoms with Gasteiger partial charge in [-0.25, -0.2) is 14.4 Å². The molecular formula is C29H31F4N7O. The fourth-order valence-corrected chi connectivity index (χ4v) is 5.35. The Labute approximate surface area is 234 Å². The summed E-state index contributed by atoms with van der Waals surface area (Å²) < 4.78 is 57.3. The van der Waals surface area contributed by atoms with Crippen molar-refractivity contribution in [3.63, 3.8) is 0 Å². The summed E-state index contributed by atoms with van der Waals surface area (Å²) in [6.45, 7) is 3.20. The number of carbonyl (C=O) groups excluding carboxylic acids is 1. The molecule has 2 aromatic heterocycles. The van der Waals surface area contributed by atoms with Crippen LogP contribution < -0.4 is 16.4 Å². The van der Waals surface area contributed by atoms with Crippen molar-refractivity contribution >= 4 is 28.4 Å². The van der Waals surface area contributed by atoms with E-state index in [0.29, 0.717) is 24.1 Å². The van der Waals surface area contributed by atoms with Gasteiger partial charge in [-0.15, -0.1) is 0 Å². The number of nitrogens with two attached hydrogens (primary N) is 1. The summed E-state index contributed by atoms with van der Waals surface area (Å²) in [5.74, 6) is -1.51. The van der Waals surface area contributed by atoms with Gasteiger partial charge in [0.25, 0.3) is 0 Å². The van der Waals surface area contributed by atoms with E-state index in [1.54, 1.807) is 13.2 Å². The van der Waals surface area contributed by atoms with Crippen molar-refractivity contribution in [2.75, 3.05) is 10.6 Å². The molecule has 4 N–H and O–H groups in total. The second-order valence-corrected chi connectivity index (χ2v) is 10.4. The van der Waals surface area contributed by atoms with Crippen LogP contribution in [0.1, 0.15) is 50.7 Å². The number of nitrogens with one attached hydrogen (secondary N) is 2. The number of rotatable bonds is 6. The molecule has 0 atom stereocenters. The van der Waals surface area contributed by atoms with E-state index in [2.05, 4.69) is 20.7 Å².